The van der Waals surface area contributed by atoms with E-state index >= 15 is 0 Å². The van der Waals surface area contributed by atoms with Gasteiger partial charge >= 0.3 is 0 Å². The van der Waals surface area contributed by atoms with Crippen molar-refractivity contribution < 1.29 is 0 Å². The summed E-state index contributed by atoms with van der Waals surface area (Å²) in [4.78, 5) is 2.46. The molecular weight excluding hydrogens is 184 g/mol. The molecule has 0 bridgehead atoms. The van der Waals surface area contributed by atoms with E-state index in [4.69, 9.17) is 6.42 Å². The van der Waals surface area contributed by atoms with Gasteiger partial charge < -0.3 is 5.32 Å². The first kappa shape index (κ1) is 12.5. The molecule has 1 aliphatic rings. The third kappa shape index (κ3) is 2.74. The summed E-state index contributed by atoms with van der Waals surface area (Å²) < 4.78 is 0. The quantitative estimate of drug-likeness (QED) is 0.697. The fourth-order valence-corrected chi connectivity index (χ4v) is 2.22. The van der Waals surface area contributed by atoms with E-state index in [-0.39, 0.29) is 11.1 Å². The zero-order chi connectivity index (χ0) is 11.7. The van der Waals surface area contributed by atoms with E-state index < -0.39 is 0 Å². The molecule has 2 nitrogen and oxygen atoms in total. The van der Waals surface area contributed by atoms with Gasteiger partial charge in [0.15, 0.2) is 0 Å². The molecule has 1 rings (SSSR count). The fourth-order valence-electron chi connectivity index (χ4n) is 2.22. The molecule has 2 heteroatoms. The molecule has 0 saturated carbocycles. The van der Waals surface area contributed by atoms with Crippen LogP contribution in [0.25, 0.3) is 0 Å². The molecule has 0 radical (unpaired) electrons. The van der Waals surface area contributed by atoms with Crippen LogP contribution in [0.2, 0.25) is 0 Å². The predicted molar refractivity (Wildman–Crippen MR) is 65.8 cm³/mol. The van der Waals surface area contributed by atoms with E-state index in [2.05, 4.69) is 50.8 Å². The number of rotatable bonds is 2. The van der Waals surface area contributed by atoms with Crippen LogP contribution in [-0.2, 0) is 0 Å². The lowest BCUT2D eigenvalue weighted by Crippen LogP contribution is -2.66. The van der Waals surface area contributed by atoms with Crippen LogP contribution in [0, 0.1) is 12.3 Å². The Labute approximate surface area is 94.4 Å². The van der Waals surface area contributed by atoms with Gasteiger partial charge in [0, 0.05) is 24.7 Å². The van der Waals surface area contributed by atoms with Crippen molar-refractivity contribution in [3.05, 3.63) is 0 Å². The summed E-state index contributed by atoms with van der Waals surface area (Å²) >= 11 is 0. The van der Waals surface area contributed by atoms with E-state index in [1.807, 2.05) is 0 Å². The Kier molecular flexibility index (Phi) is 3.48. The van der Waals surface area contributed by atoms with Crippen molar-refractivity contribution in [2.45, 2.75) is 58.2 Å². The molecule has 0 amide bonds. The van der Waals surface area contributed by atoms with Crippen molar-refractivity contribution in [2.75, 3.05) is 13.1 Å². The van der Waals surface area contributed by atoms with Crippen LogP contribution < -0.4 is 5.32 Å². The minimum absolute atomic E-state index is 0.139. The topological polar surface area (TPSA) is 15.3 Å². The smallest absolute Gasteiger partial charge is 0.0769 e. The van der Waals surface area contributed by atoms with Crippen molar-refractivity contribution in [3.8, 4) is 12.3 Å². The second-order valence-corrected chi connectivity index (χ2v) is 5.66. The Morgan fingerprint density at radius 3 is 2.60 bits per heavy atom. The first-order valence-corrected chi connectivity index (χ1v) is 5.82. The summed E-state index contributed by atoms with van der Waals surface area (Å²) in [6, 6.07) is 0.559. The highest BCUT2D eigenvalue weighted by molar-refractivity contribution is 5.12. The monoisotopic (exact) mass is 208 g/mol. The molecule has 86 valence electrons. The third-order valence-electron chi connectivity index (χ3n) is 3.37. The van der Waals surface area contributed by atoms with Gasteiger partial charge in [-0.05, 0) is 34.1 Å². The van der Waals surface area contributed by atoms with Crippen molar-refractivity contribution in [3.63, 3.8) is 0 Å². The summed E-state index contributed by atoms with van der Waals surface area (Å²) in [5.74, 6) is 2.91. The van der Waals surface area contributed by atoms with Crippen LogP contribution in [-0.4, -0.2) is 35.1 Å². The molecule has 1 fully saturated rings. The highest BCUT2D eigenvalue weighted by Gasteiger charge is 2.38. The van der Waals surface area contributed by atoms with Crippen LogP contribution in [0.4, 0.5) is 0 Å². The maximum atomic E-state index is 5.63. The Morgan fingerprint density at radius 1 is 1.53 bits per heavy atom. The minimum atomic E-state index is -0.139. The molecule has 1 aliphatic heterocycles. The van der Waals surface area contributed by atoms with Crippen LogP contribution in [0.1, 0.15) is 41.0 Å². The number of nitrogens with zero attached hydrogens (tertiary/aromatic N) is 1. The summed E-state index contributed by atoms with van der Waals surface area (Å²) in [7, 11) is 0. The highest BCUT2D eigenvalue weighted by atomic mass is 15.3. The largest absolute Gasteiger partial charge is 0.309 e. The van der Waals surface area contributed by atoms with Gasteiger partial charge in [-0.1, -0.05) is 12.8 Å². The maximum Gasteiger partial charge on any atom is 0.0769 e. The van der Waals surface area contributed by atoms with Gasteiger partial charge in [-0.25, -0.2) is 0 Å². The summed E-state index contributed by atoms with van der Waals surface area (Å²) in [6.07, 6.45) is 6.78. The minimum Gasteiger partial charge on any atom is -0.309 e. The summed E-state index contributed by atoms with van der Waals surface area (Å²) in [5.41, 5.74) is 0.0276. The number of terminal acetylenes is 1. The second-order valence-electron chi connectivity index (χ2n) is 5.66. The van der Waals surface area contributed by atoms with Gasteiger partial charge in [0.2, 0.25) is 0 Å². The number of hydrogen-bond donors (Lipinski definition) is 1. The number of nitrogens with one attached hydrogen (secondary N) is 1. The van der Waals surface area contributed by atoms with E-state index in [1.165, 1.54) is 0 Å². The van der Waals surface area contributed by atoms with Crippen LogP contribution in [0.5, 0.6) is 0 Å². The molecule has 0 aromatic heterocycles. The van der Waals surface area contributed by atoms with Gasteiger partial charge in [0.1, 0.15) is 0 Å². The molecule has 0 spiro atoms. The van der Waals surface area contributed by atoms with Crippen LogP contribution >= 0.6 is 0 Å². The predicted octanol–water partition coefficient (Wildman–Crippen LogP) is 1.86. The Morgan fingerprint density at radius 2 is 2.13 bits per heavy atom. The molecule has 0 aromatic carbocycles. The first-order chi connectivity index (χ1) is 6.82. The zero-order valence-corrected chi connectivity index (χ0v) is 10.7. The molecule has 15 heavy (non-hydrogen) atoms. The van der Waals surface area contributed by atoms with Gasteiger partial charge in [-0.3, -0.25) is 4.90 Å². The van der Waals surface area contributed by atoms with Gasteiger partial charge in [0.05, 0.1) is 5.54 Å². The normalized spacial score (nSPS) is 27.3. The average molecular weight is 208 g/mol. The summed E-state index contributed by atoms with van der Waals surface area (Å²) in [5, 5.41) is 3.58. The van der Waals surface area contributed by atoms with E-state index in [9.17, 15) is 0 Å². The standard InChI is InChI=1S/C13H24N2/c1-7-11-9-14-12(3,4)10-15(11)13(5,6)8-2/h2,11,14H,7,9-10H2,1,3-6H3. The van der Waals surface area contributed by atoms with Crippen LogP contribution in [0.3, 0.4) is 0 Å². The number of piperazine rings is 1. The first-order valence-electron chi connectivity index (χ1n) is 5.82. The molecular formula is C13H24N2. The van der Waals surface area contributed by atoms with Crippen molar-refractivity contribution >= 4 is 0 Å². The highest BCUT2D eigenvalue weighted by Crippen LogP contribution is 2.25. The third-order valence-corrected chi connectivity index (χ3v) is 3.37. The molecule has 0 aliphatic carbocycles. The van der Waals surface area contributed by atoms with E-state index in [1.54, 1.807) is 0 Å². The Bertz CT molecular complexity index is 260. The van der Waals surface area contributed by atoms with E-state index in [0.717, 1.165) is 19.5 Å². The van der Waals surface area contributed by atoms with Crippen molar-refractivity contribution in [1.82, 2.24) is 10.2 Å². The van der Waals surface area contributed by atoms with Crippen molar-refractivity contribution in [2.24, 2.45) is 0 Å². The number of hydrogen-bond acceptors (Lipinski definition) is 2. The lowest BCUT2D eigenvalue weighted by Gasteiger charge is -2.49. The molecule has 1 saturated heterocycles. The molecule has 1 N–H and O–H groups in total. The SMILES string of the molecule is C#CC(C)(C)N1CC(C)(C)NCC1CC. The zero-order valence-electron chi connectivity index (χ0n) is 10.7. The Balaban J connectivity index is 2.86. The molecule has 1 atom stereocenters. The fraction of sp³-hybridized carbons (Fsp3) is 0.846. The molecule has 1 heterocycles. The van der Waals surface area contributed by atoms with E-state index in [0.29, 0.717) is 6.04 Å². The van der Waals surface area contributed by atoms with Crippen molar-refractivity contribution in [1.29, 1.82) is 0 Å². The van der Waals surface area contributed by atoms with Gasteiger partial charge in [-0.15, -0.1) is 6.42 Å². The average Bonchev–Trinajstić information content (AvgIpc) is 2.16. The lowest BCUT2D eigenvalue weighted by atomic mass is 9.91. The van der Waals surface area contributed by atoms with Gasteiger partial charge in [-0.2, -0.15) is 0 Å². The molecule has 0 aromatic rings. The molecule has 1 unspecified atom stereocenters. The summed E-state index contributed by atoms with van der Waals surface area (Å²) in [6.45, 7) is 13.0. The maximum absolute atomic E-state index is 5.63. The van der Waals surface area contributed by atoms with Gasteiger partial charge in [0.25, 0.3) is 0 Å². The van der Waals surface area contributed by atoms with Crippen LogP contribution in [0.15, 0.2) is 0 Å². The second kappa shape index (κ2) is 4.15. The Hall–Kier alpha value is -0.520. The lowest BCUT2D eigenvalue weighted by molar-refractivity contribution is 0.0360.